The number of nitrogens with zero attached hydrogens (tertiary/aromatic N) is 3. The number of rotatable bonds is 3. The van der Waals surface area contributed by atoms with Gasteiger partial charge < -0.3 is 0 Å². The van der Waals surface area contributed by atoms with Gasteiger partial charge in [-0.2, -0.15) is 18.3 Å². The molecule has 0 bridgehead atoms. The smallest absolute Gasteiger partial charge is 0.288 e. The molecule has 1 aromatic carbocycles. The summed E-state index contributed by atoms with van der Waals surface area (Å²) >= 11 is 0. The lowest BCUT2D eigenvalue weighted by Crippen LogP contribution is -2.28. The van der Waals surface area contributed by atoms with Crippen molar-refractivity contribution in [2.24, 2.45) is 5.10 Å². The lowest BCUT2D eigenvalue weighted by Gasteiger charge is -2.15. The number of hydrogen-bond donors (Lipinski definition) is 2. The molecule has 0 spiro atoms. The summed E-state index contributed by atoms with van der Waals surface area (Å²) in [5.74, 6) is -0.00349. The van der Waals surface area contributed by atoms with Gasteiger partial charge >= 0.3 is 6.18 Å². The number of nitrogens with one attached hydrogen (secondary N) is 2. The quantitative estimate of drug-likeness (QED) is 0.665. The van der Waals surface area contributed by atoms with Gasteiger partial charge in [0.15, 0.2) is 0 Å². The van der Waals surface area contributed by atoms with E-state index in [-0.39, 0.29) is 17.2 Å². The van der Waals surface area contributed by atoms with Crippen molar-refractivity contribution in [3.63, 3.8) is 0 Å². The molecular weight excluding hydrogens is 323 g/mol. The zero-order valence-electron chi connectivity index (χ0n) is 13.3. The largest absolute Gasteiger partial charge is 0.416 e. The lowest BCUT2D eigenvalue weighted by molar-refractivity contribution is -0.137. The zero-order valence-corrected chi connectivity index (χ0v) is 13.3. The van der Waals surface area contributed by atoms with Crippen LogP contribution in [0.3, 0.4) is 0 Å². The minimum Gasteiger partial charge on any atom is -0.288 e. The Kier molecular flexibility index (Phi) is 4.72. The van der Waals surface area contributed by atoms with Crippen LogP contribution in [-0.2, 0) is 11.6 Å². The molecule has 2 aromatic rings. The predicted molar refractivity (Wildman–Crippen MR) is 84.0 cm³/mol. The number of hydrazone groups is 1. The van der Waals surface area contributed by atoms with Gasteiger partial charge in [0, 0.05) is 5.41 Å². The first-order valence-corrected chi connectivity index (χ1v) is 7.01. The maximum Gasteiger partial charge on any atom is 0.416 e. The van der Waals surface area contributed by atoms with Crippen LogP contribution in [0, 0.1) is 0 Å². The Labute approximate surface area is 135 Å². The van der Waals surface area contributed by atoms with Crippen LogP contribution in [0.5, 0.6) is 0 Å². The number of hydrogen-bond acceptors (Lipinski definition) is 5. The molecule has 6 nitrogen and oxygen atoms in total. The van der Waals surface area contributed by atoms with Crippen molar-refractivity contribution in [1.82, 2.24) is 15.2 Å². The Morgan fingerprint density at radius 3 is 2.50 bits per heavy atom. The van der Waals surface area contributed by atoms with Crippen molar-refractivity contribution in [2.45, 2.75) is 32.4 Å². The topological polar surface area (TPSA) is 83.0 Å². The molecule has 0 fully saturated rings. The van der Waals surface area contributed by atoms with Gasteiger partial charge in [-0.3, -0.25) is 9.78 Å². The number of aromatic amines is 1. The minimum atomic E-state index is -4.42. The van der Waals surface area contributed by atoms with E-state index < -0.39 is 22.7 Å². The molecular formula is C15H16F3N5O. The summed E-state index contributed by atoms with van der Waals surface area (Å²) in [6, 6.07) is 4.68. The number of benzene rings is 1. The third-order valence-corrected chi connectivity index (χ3v) is 3.01. The van der Waals surface area contributed by atoms with Crippen molar-refractivity contribution in [1.29, 1.82) is 0 Å². The molecule has 1 heterocycles. The molecule has 9 heteroatoms. The van der Waals surface area contributed by atoms with Gasteiger partial charge in [-0.1, -0.05) is 32.9 Å². The third-order valence-electron chi connectivity index (χ3n) is 3.01. The highest BCUT2D eigenvalue weighted by Crippen LogP contribution is 2.29. The molecule has 0 saturated heterocycles. The van der Waals surface area contributed by atoms with Crippen molar-refractivity contribution in [3.8, 4) is 0 Å². The highest BCUT2D eigenvalue weighted by molar-refractivity contribution is 5.80. The van der Waals surface area contributed by atoms with Crippen LogP contribution in [0.25, 0.3) is 0 Å². The van der Waals surface area contributed by atoms with Gasteiger partial charge in [0.05, 0.1) is 11.8 Å². The molecule has 128 valence electrons. The van der Waals surface area contributed by atoms with E-state index in [0.717, 1.165) is 12.1 Å². The average Bonchev–Trinajstić information content (AvgIpc) is 2.45. The molecule has 0 amide bonds. The Balaban J connectivity index is 2.13. The number of H-pyrrole nitrogens is 1. The standard InChI is InChI=1S/C15H16F3N5O/c1-14(2,3)11-12(24)20-13(23-21-11)22-19-8-9-5-4-6-10(7-9)15(16,17)18/h4-8H,1-3H3,(H2,20,22,23,24)/b19-8+. The first-order chi connectivity index (χ1) is 11.1. The first-order valence-electron chi connectivity index (χ1n) is 7.01. The van der Waals surface area contributed by atoms with Crippen molar-refractivity contribution < 1.29 is 13.2 Å². The van der Waals surface area contributed by atoms with Crippen LogP contribution in [0.1, 0.15) is 37.6 Å². The third kappa shape index (κ3) is 4.40. The van der Waals surface area contributed by atoms with Gasteiger partial charge in [-0.05, 0) is 17.7 Å². The van der Waals surface area contributed by atoms with Crippen LogP contribution in [0.15, 0.2) is 34.2 Å². The van der Waals surface area contributed by atoms with Crippen LogP contribution < -0.4 is 11.0 Å². The number of halogens is 3. The highest BCUT2D eigenvalue weighted by atomic mass is 19.4. The Morgan fingerprint density at radius 2 is 1.92 bits per heavy atom. The highest BCUT2D eigenvalue weighted by Gasteiger charge is 2.30. The van der Waals surface area contributed by atoms with E-state index in [1.165, 1.54) is 18.3 Å². The van der Waals surface area contributed by atoms with Gasteiger partial charge in [-0.15, -0.1) is 10.2 Å². The van der Waals surface area contributed by atoms with Crippen LogP contribution in [0.2, 0.25) is 0 Å². The summed E-state index contributed by atoms with van der Waals surface area (Å²) in [7, 11) is 0. The maximum absolute atomic E-state index is 12.6. The molecule has 2 rings (SSSR count). The molecule has 2 N–H and O–H groups in total. The van der Waals surface area contributed by atoms with Crippen LogP contribution in [0.4, 0.5) is 19.1 Å². The number of anilines is 1. The summed E-state index contributed by atoms with van der Waals surface area (Å²) in [5, 5.41) is 11.4. The van der Waals surface area contributed by atoms with E-state index in [1.807, 2.05) is 20.8 Å². The molecule has 0 radical (unpaired) electrons. The molecule has 0 saturated carbocycles. The second kappa shape index (κ2) is 6.42. The first kappa shape index (κ1) is 17.6. The monoisotopic (exact) mass is 339 g/mol. The fourth-order valence-corrected chi connectivity index (χ4v) is 1.84. The Morgan fingerprint density at radius 1 is 1.21 bits per heavy atom. The maximum atomic E-state index is 12.6. The molecule has 0 atom stereocenters. The second-order valence-electron chi connectivity index (χ2n) is 6.09. The Hall–Kier alpha value is -2.71. The minimum absolute atomic E-state index is 0.00349. The van der Waals surface area contributed by atoms with Gasteiger partial charge in [0.25, 0.3) is 5.56 Å². The van der Waals surface area contributed by atoms with E-state index >= 15 is 0 Å². The fraction of sp³-hybridized carbons (Fsp3) is 0.333. The normalized spacial score (nSPS) is 12.6. The molecule has 1 aromatic heterocycles. The van der Waals surface area contributed by atoms with E-state index in [9.17, 15) is 18.0 Å². The summed E-state index contributed by atoms with van der Waals surface area (Å²) in [4.78, 5) is 14.4. The van der Waals surface area contributed by atoms with Crippen LogP contribution >= 0.6 is 0 Å². The summed E-state index contributed by atoms with van der Waals surface area (Å²) in [5.41, 5.74) is 1.32. The van der Waals surface area contributed by atoms with Crippen molar-refractivity contribution >= 4 is 12.2 Å². The lowest BCUT2D eigenvalue weighted by atomic mass is 9.93. The second-order valence-corrected chi connectivity index (χ2v) is 6.09. The molecule has 24 heavy (non-hydrogen) atoms. The fourth-order valence-electron chi connectivity index (χ4n) is 1.84. The molecule has 0 aliphatic heterocycles. The van der Waals surface area contributed by atoms with E-state index in [2.05, 4.69) is 25.7 Å². The number of aromatic nitrogens is 3. The predicted octanol–water partition coefficient (Wildman–Crippen LogP) is 2.93. The summed E-state index contributed by atoms with van der Waals surface area (Å²) in [6.07, 6.45) is -3.23. The number of alkyl halides is 3. The SMILES string of the molecule is CC(C)(C)c1nnc(N/N=C/c2cccc(C(F)(F)F)c2)[nH]c1=O. The van der Waals surface area contributed by atoms with Gasteiger partial charge in [-0.25, -0.2) is 5.43 Å². The van der Waals surface area contributed by atoms with E-state index in [1.54, 1.807) is 0 Å². The van der Waals surface area contributed by atoms with E-state index in [0.29, 0.717) is 0 Å². The summed E-state index contributed by atoms with van der Waals surface area (Å²) in [6.45, 7) is 5.47. The molecule has 0 aliphatic carbocycles. The molecule has 0 unspecified atom stereocenters. The molecule has 0 aliphatic rings. The van der Waals surface area contributed by atoms with Crippen molar-refractivity contribution in [3.05, 3.63) is 51.4 Å². The van der Waals surface area contributed by atoms with Gasteiger partial charge in [0.1, 0.15) is 5.69 Å². The average molecular weight is 339 g/mol. The van der Waals surface area contributed by atoms with Crippen molar-refractivity contribution in [2.75, 3.05) is 5.43 Å². The Bertz CT molecular complexity index is 806. The zero-order chi connectivity index (χ0) is 18.0. The van der Waals surface area contributed by atoms with Gasteiger partial charge in [0.2, 0.25) is 5.95 Å². The van der Waals surface area contributed by atoms with Crippen LogP contribution in [-0.4, -0.2) is 21.4 Å². The summed E-state index contributed by atoms with van der Waals surface area (Å²) < 4.78 is 37.8. The van der Waals surface area contributed by atoms with E-state index in [4.69, 9.17) is 0 Å².